The van der Waals surface area contributed by atoms with Crippen molar-refractivity contribution in [2.75, 3.05) is 42.5 Å². The van der Waals surface area contributed by atoms with E-state index in [2.05, 4.69) is 33.0 Å². The fourth-order valence-corrected chi connectivity index (χ4v) is 6.87. The molecule has 4 aromatic rings. The monoisotopic (exact) mass is 481 g/mol. The summed E-state index contributed by atoms with van der Waals surface area (Å²) < 4.78 is 0. The lowest BCUT2D eigenvalue weighted by molar-refractivity contribution is 0.0993. The summed E-state index contributed by atoms with van der Waals surface area (Å²) in [6, 6.07) is 17.0. The predicted molar refractivity (Wildman–Crippen MR) is 141 cm³/mol. The highest BCUT2D eigenvalue weighted by Crippen LogP contribution is 2.38. The van der Waals surface area contributed by atoms with Gasteiger partial charge in [-0.25, -0.2) is 0 Å². The van der Waals surface area contributed by atoms with Crippen molar-refractivity contribution in [2.45, 2.75) is 25.3 Å². The van der Waals surface area contributed by atoms with E-state index in [0.29, 0.717) is 12.6 Å². The first-order valence-electron chi connectivity index (χ1n) is 12.5. The van der Waals surface area contributed by atoms with Crippen LogP contribution in [0.25, 0.3) is 21.5 Å². The fraction of sp³-hybridized carbons (Fsp3) is 0.321. The average molecular weight is 482 g/mol. The predicted octanol–water partition coefficient (Wildman–Crippen LogP) is 4.85. The number of benzene rings is 1. The maximum absolute atomic E-state index is 13.6. The summed E-state index contributed by atoms with van der Waals surface area (Å²) in [6.45, 7) is 5.19. The number of hydrogen-bond acceptors (Lipinski definition) is 6. The quantitative estimate of drug-likeness (QED) is 0.419. The Labute approximate surface area is 208 Å². The van der Waals surface area contributed by atoms with Crippen LogP contribution >= 0.6 is 11.3 Å². The summed E-state index contributed by atoms with van der Waals surface area (Å²) in [4.78, 5) is 31.6. The average Bonchev–Trinajstić information content (AvgIpc) is 3.66. The number of thiophene rings is 1. The molecule has 0 saturated carbocycles. The fourth-order valence-electron chi connectivity index (χ4n) is 5.94. The van der Waals surface area contributed by atoms with E-state index in [1.807, 2.05) is 41.4 Å². The summed E-state index contributed by atoms with van der Waals surface area (Å²) in [5, 5.41) is 1.15. The standard InChI is InChI=1S/C28H27N5OS/c34-28(27-7-6-26(35-27)22-5-1-2-10-29-22)33-13-9-19-16-23-21(17-25(19)33)24(8-11-30-23)32-15-14-31-12-3-4-20(31)18-32/h1-2,5-8,10-11,16-17,20H,3-4,9,12-15,18H2/t20-/m0/s1. The minimum absolute atomic E-state index is 0.0697. The largest absolute Gasteiger partial charge is 0.368 e. The van der Waals surface area contributed by atoms with Gasteiger partial charge >= 0.3 is 0 Å². The third kappa shape index (κ3) is 3.61. The molecule has 0 unspecified atom stereocenters. The summed E-state index contributed by atoms with van der Waals surface area (Å²) in [6.07, 6.45) is 7.19. The van der Waals surface area contributed by atoms with E-state index in [1.165, 1.54) is 42.0 Å². The van der Waals surface area contributed by atoms with Crippen molar-refractivity contribution < 1.29 is 4.79 Å². The summed E-state index contributed by atoms with van der Waals surface area (Å²) >= 11 is 1.51. The van der Waals surface area contributed by atoms with Crippen molar-refractivity contribution in [2.24, 2.45) is 0 Å². The molecule has 6 nitrogen and oxygen atoms in total. The molecule has 0 aliphatic carbocycles. The van der Waals surface area contributed by atoms with Gasteiger partial charge in [-0.15, -0.1) is 11.3 Å². The van der Waals surface area contributed by atoms with Crippen molar-refractivity contribution in [3.63, 3.8) is 0 Å². The van der Waals surface area contributed by atoms with Crippen LogP contribution < -0.4 is 9.80 Å². The van der Waals surface area contributed by atoms with Crippen LogP contribution in [0.3, 0.4) is 0 Å². The normalized spacial score (nSPS) is 19.8. The Morgan fingerprint density at radius 1 is 0.943 bits per heavy atom. The number of anilines is 2. The van der Waals surface area contributed by atoms with Crippen LogP contribution in [-0.4, -0.2) is 59.5 Å². The lowest BCUT2D eigenvalue weighted by Gasteiger charge is -2.39. The molecule has 2 fully saturated rings. The van der Waals surface area contributed by atoms with Crippen molar-refractivity contribution >= 4 is 39.5 Å². The Bertz CT molecular complexity index is 1420. The molecule has 0 bridgehead atoms. The zero-order valence-electron chi connectivity index (χ0n) is 19.6. The molecular weight excluding hydrogens is 454 g/mol. The van der Waals surface area contributed by atoms with Gasteiger partial charge in [-0.2, -0.15) is 0 Å². The first-order chi connectivity index (χ1) is 17.2. The van der Waals surface area contributed by atoms with Gasteiger partial charge in [0.2, 0.25) is 0 Å². The molecule has 3 aliphatic rings. The minimum atomic E-state index is 0.0697. The van der Waals surface area contributed by atoms with Gasteiger partial charge in [0.1, 0.15) is 0 Å². The van der Waals surface area contributed by atoms with Crippen molar-refractivity contribution in [3.8, 4) is 10.6 Å². The van der Waals surface area contributed by atoms with Gasteiger partial charge in [0.25, 0.3) is 5.91 Å². The topological polar surface area (TPSA) is 52.6 Å². The number of fused-ring (bicyclic) bond motifs is 3. The van der Waals surface area contributed by atoms with Crippen molar-refractivity contribution in [1.82, 2.24) is 14.9 Å². The maximum atomic E-state index is 13.6. The van der Waals surface area contributed by atoms with Crippen LogP contribution in [0.15, 0.2) is 60.9 Å². The molecule has 2 saturated heterocycles. The van der Waals surface area contributed by atoms with Crippen LogP contribution in [0.5, 0.6) is 0 Å². The molecule has 0 spiro atoms. The molecule has 3 aliphatic heterocycles. The number of hydrogen-bond donors (Lipinski definition) is 0. The molecule has 1 aromatic carbocycles. The van der Waals surface area contributed by atoms with Crippen LogP contribution in [0.4, 0.5) is 11.4 Å². The number of piperazine rings is 1. The molecule has 3 aromatic heterocycles. The van der Waals surface area contributed by atoms with Gasteiger partial charge in [0.05, 0.1) is 21.0 Å². The molecule has 7 heteroatoms. The SMILES string of the molecule is O=C(c1ccc(-c2ccccn2)s1)N1CCc2cc3nccc(N4CCN5CCC[C@H]5C4)c3cc21. The lowest BCUT2D eigenvalue weighted by atomic mass is 10.1. The van der Waals surface area contributed by atoms with E-state index in [9.17, 15) is 4.79 Å². The molecule has 7 rings (SSSR count). The number of nitrogens with zero attached hydrogens (tertiary/aromatic N) is 5. The molecule has 6 heterocycles. The van der Waals surface area contributed by atoms with Gasteiger partial charge in [-0.05, 0) is 73.8 Å². The summed E-state index contributed by atoms with van der Waals surface area (Å²) in [7, 11) is 0. The smallest absolute Gasteiger partial charge is 0.268 e. The van der Waals surface area contributed by atoms with E-state index in [0.717, 1.165) is 58.1 Å². The summed E-state index contributed by atoms with van der Waals surface area (Å²) in [5.74, 6) is 0.0697. The number of pyridine rings is 2. The van der Waals surface area contributed by atoms with E-state index >= 15 is 0 Å². The second-order valence-corrected chi connectivity index (χ2v) is 10.8. The first-order valence-corrected chi connectivity index (χ1v) is 13.3. The maximum Gasteiger partial charge on any atom is 0.268 e. The van der Waals surface area contributed by atoms with Crippen molar-refractivity contribution in [3.05, 3.63) is 71.4 Å². The van der Waals surface area contributed by atoms with Gasteiger partial charge in [0, 0.05) is 61.4 Å². The van der Waals surface area contributed by atoms with Gasteiger partial charge in [-0.1, -0.05) is 6.07 Å². The Balaban J connectivity index is 1.22. The third-order valence-corrected chi connectivity index (χ3v) is 8.82. The number of rotatable bonds is 3. The summed E-state index contributed by atoms with van der Waals surface area (Å²) in [5.41, 5.74) is 5.42. The van der Waals surface area contributed by atoms with Crippen LogP contribution in [0, 0.1) is 0 Å². The number of carbonyl (C=O) groups is 1. The minimum Gasteiger partial charge on any atom is -0.368 e. The molecule has 1 atom stereocenters. The zero-order chi connectivity index (χ0) is 23.4. The highest BCUT2D eigenvalue weighted by Gasteiger charge is 2.32. The van der Waals surface area contributed by atoms with E-state index in [1.54, 1.807) is 6.20 Å². The van der Waals surface area contributed by atoms with E-state index in [-0.39, 0.29) is 5.91 Å². The highest BCUT2D eigenvalue weighted by molar-refractivity contribution is 7.17. The molecule has 0 radical (unpaired) electrons. The van der Waals surface area contributed by atoms with Gasteiger partial charge < -0.3 is 9.80 Å². The Kier molecular flexibility index (Phi) is 5.06. The van der Waals surface area contributed by atoms with Crippen LogP contribution in [0.2, 0.25) is 0 Å². The Hall–Kier alpha value is -3.29. The van der Waals surface area contributed by atoms with Gasteiger partial charge in [-0.3, -0.25) is 19.7 Å². The molecular formula is C28H27N5OS. The second kappa shape index (κ2) is 8.43. The van der Waals surface area contributed by atoms with E-state index in [4.69, 9.17) is 4.98 Å². The van der Waals surface area contributed by atoms with Gasteiger partial charge in [0.15, 0.2) is 0 Å². The third-order valence-electron chi connectivity index (χ3n) is 7.72. The Morgan fingerprint density at radius 2 is 1.91 bits per heavy atom. The highest BCUT2D eigenvalue weighted by atomic mass is 32.1. The molecule has 0 N–H and O–H groups in total. The molecule has 35 heavy (non-hydrogen) atoms. The number of aromatic nitrogens is 2. The number of carbonyl (C=O) groups excluding carboxylic acids is 1. The molecule has 1 amide bonds. The second-order valence-electron chi connectivity index (χ2n) is 9.69. The molecule has 176 valence electrons. The van der Waals surface area contributed by atoms with Crippen molar-refractivity contribution in [1.29, 1.82) is 0 Å². The van der Waals surface area contributed by atoms with Crippen LogP contribution in [0.1, 0.15) is 28.1 Å². The van der Waals surface area contributed by atoms with Crippen LogP contribution in [-0.2, 0) is 6.42 Å². The van der Waals surface area contributed by atoms with E-state index < -0.39 is 0 Å². The first kappa shape index (κ1) is 21.0. The lowest BCUT2D eigenvalue weighted by Crippen LogP contribution is -2.50. The number of amides is 1. The Morgan fingerprint density at radius 3 is 2.83 bits per heavy atom. The zero-order valence-corrected chi connectivity index (χ0v) is 20.4.